The Morgan fingerprint density at radius 2 is 1.88 bits per heavy atom. The molecule has 4 heteroatoms. The van der Waals surface area contributed by atoms with Gasteiger partial charge in [0.15, 0.2) is 0 Å². The maximum absolute atomic E-state index is 11.4. The maximum atomic E-state index is 11.4. The first-order valence-corrected chi connectivity index (χ1v) is 6.77. The third-order valence-corrected chi connectivity index (χ3v) is 3.05. The van der Waals surface area contributed by atoms with Gasteiger partial charge in [-0.1, -0.05) is 6.92 Å². The predicted molar refractivity (Wildman–Crippen MR) is 69.0 cm³/mol. The molecule has 2 atom stereocenters. The zero-order valence-electron chi connectivity index (χ0n) is 11.3. The highest BCUT2D eigenvalue weighted by atomic mass is 16.5. The third kappa shape index (κ3) is 6.03. The minimum atomic E-state index is 0.146. The van der Waals surface area contributed by atoms with E-state index >= 15 is 0 Å². The number of hydrogen-bond donors (Lipinski definition) is 2. The molecule has 1 aliphatic heterocycles. The van der Waals surface area contributed by atoms with Crippen LogP contribution >= 0.6 is 0 Å². The Morgan fingerprint density at radius 3 is 2.47 bits per heavy atom. The highest BCUT2D eigenvalue weighted by molar-refractivity contribution is 5.75. The minimum Gasteiger partial charge on any atom is -0.375 e. The number of rotatable bonds is 6. The Hall–Kier alpha value is -0.610. The molecule has 0 aliphatic carbocycles. The largest absolute Gasteiger partial charge is 0.375 e. The quantitative estimate of drug-likeness (QED) is 0.741. The van der Waals surface area contributed by atoms with Gasteiger partial charge in [0, 0.05) is 25.6 Å². The van der Waals surface area contributed by atoms with Crippen LogP contribution in [0.1, 0.15) is 46.5 Å². The molecule has 1 rings (SSSR count). The van der Waals surface area contributed by atoms with Gasteiger partial charge in [0.2, 0.25) is 5.91 Å². The molecule has 0 aromatic heterocycles. The van der Waals surface area contributed by atoms with Crippen LogP contribution in [-0.4, -0.2) is 37.2 Å². The number of nitrogens with one attached hydrogen (secondary N) is 2. The van der Waals surface area contributed by atoms with E-state index in [1.165, 1.54) is 0 Å². The van der Waals surface area contributed by atoms with Gasteiger partial charge in [-0.3, -0.25) is 4.79 Å². The van der Waals surface area contributed by atoms with Gasteiger partial charge in [0.25, 0.3) is 0 Å². The third-order valence-electron chi connectivity index (χ3n) is 3.05. The Balaban J connectivity index is 2.11. The summed E-state index contributed by atoms with van der Waals surface area (Å²) >= 11 is 0. The lowest BCUT2D eigenvalue weighted by Crippen LogP contribution is -2.42. The number of amides is 1. The highest BCUT2D eigenvalue weighted by Crippen LogP contribution is 2.18. The molecule has 100 valence electrons. The second-order valence-corrected chi connectivity index (χ2v) is 4.98. The first-order chi connectivity index (χ1) is 8.11. The van der Waals surface area contributed by atoms with Gasteiger partial charge in [-0.25, -0.2) is 0 Å². The SMILES string of the molecule is CCCNC(=O)CCNC1CC(C)OC(C)C1. The van der Waals surface area contributed by atoms with E-state index in [0.29, 0.717) is 24.7 Å². The smallest absolute Gasteiger partial charge is 0.221 e. The van der Waals surface area contributed by atoms with Crippen LogP contribution in [0.15, 0.2) is 0 Å². The molecule has 1 fully saturated rings. The molecule has 2 unspecified atom stereocenters. The molecule has 0 saturated carbocycles. The van der Waals surface area contributed by atoms with Gasteiger partial charge in [0.05, 0.1) is 12.2 Å². The molecular weight excluding hydrogens is 216 g/mol. The summed E-state index contributed by atoms with van der Waals surface area (Å²) in [5, 5.41) is 6.33. The zero-order valence-corrected chi connectivity index (χ0v) is 11.3. The van der Waals surface area contributed by atoms with Crippen LogP contribution in [0.25, 0.3) is 0 Å². The number of carbonyl (C=O) groups is 1. The Bertz CT molecular complexity index is 223. The second kappa shape index (κ2) is 7.67. The van der Waals surface area contributed by atoms with E-state index < -0.39 is 0 Å². The van der Waals surface area contributed by atoms with E-state index in [9.17, 15) is 4.79 Å². The van der Waals surface area contributed by atoms with Gasteiger partial charge < -0.3 is 15.4 Å². The number of carbonyl (C=O) groups excluding carboxylic acids is 1. The van der Waals surface area contributed by atoms with E-state index in [0.717, 1.165) is 32.4 Å². The minimum absolute atomic E-state index is 0.146. The van der Waals surface area contributed by atoms with Gasteiger partial charge >= 0.3 is 0 Å². The van der Waals surface area contributed by atoms with Crippen LogP contribution in [0.4, 0.5) is 0 Å². The number of hydrogen-bond acceptors (Lipinski definition) is 3. The topological polar surface area (TPSA) is 50.4 Å². The fraction of sp³-hybridized carbons (Fsp3) is 0.923. The average Bonchev–Trinajstić information content (AvgIpc) is 2.25. The van der Waals surface area contributed by atoms with Gasteiger partial charge in [-0.15, -0.1) is 0 Å². The Morgan fingerprint density at radius 1 is 1.24 bits per heavy atom. The highest BCUT2D eigenvalue weighted by Gasteiger charge is 2.23. The molecule has 2 N–H and O–H groups in total. The maximum Gasteiger partial charge on any atom is 0.221 e. The summed E-state index contributed by atoms with van der Waals surface area (Å²) in [6, 6.07) is 0.493. The van der Waals surface area contributed by atoms with Crippen molar-refractivity contribution >= 4 is 5.91 Å². The van der Waals surface area contributed by atoms with Crippen molar-refractivity contribution in [2.24, 2.45) is 0 Å². The van der Waals surface area contributed by atoms with Crippen molar-refractivity contribution in [1.29, 1.82) is 0 Å². The summed E-state index contributed by atoms with van der Waals surface area (Å²) in [4.78, 5) is 11.4. The van der Waals surface area contributed by atoms with Gasteiger partial charge in [0.1, 0.15) is 0 Å². The summed E-state index contributed by atoms with van der Waals surface area (Å²) in [5.41, 5.74) is 0. The fourth-order valence-electron chi connectivity index (χ4n) is 2.31. The van der Waals surface area contributed by atoms with Gasteiger partial charge in [-0.05, 0) is 33.1 Å². The summed E-state index contributed by atoms with van der Waals surface area (Å²) in [6.07, 6.45) is 4.30. The molecular formula is C13H26N2O2. The molecule has 17 heavy (non-hydrogen) atoms. The van der Waals surface area contributed by atoms with Crippen molar-refractivity contribution in [2.45, 2.75) is 64.7 Å². The first-order valence-electron chi connectivity index (χ1n) is 6.77. The van der Waals surface area contributed by atoms with Crippen LogP contribution in [-0.2, 0) is 9.53 Å². The summed E-state index contributed by atoms with van der Waals surface area (Å²) in [6.45, 7) is 7.82. The Kier molecular flexibility index (Phi) is 6.52. The van der Waals surface area contributed by atoms with Gasteiger partial charge in [-0.2, -0.15) is 0 Å². The van der Waals surface area contributed by atoms with E-state index in [-0.39, 0.29) is 5.91 Å². The molecule has 1 amide bonds. The molecule has 0 aromatic rings. The normalized spacial score (nSPS) is 29.0. The molecule has 0 radical (unpaired) electrons. The second-order valence-electron chi connectivity index (χ2n) is 4.98. The van der Waals surface area contributed by atoms with Crippen LogP contribution in [0.3, 0.4) is 0 Å². The van der Waals surface area contributed by atoms with Crippen molar-refractivity contribution in [3.63, 3.8) is 0 Å². The molecule has 0 bridgehead atoms. The molecule has 1 aliphatic rings. The zero-order chi connectivity index (χ0) is 12.7. The average molecular weight is 242 g/mol. The van der Waals surface area contributed by atoms with Crippen molar-refractivity contribution < 1.29 is 9.53 Å². The van der Waals surface area contributed by atoms with Crippen LogP contribution in [0.2, 0.25) is 0 Å². The molecule has 1 saturated heterocycles. The Labute approximate surface area is 104 Å². The fourth-order valence-corrected chi connectivity index (χ4v) is 2.31. The van der Waals surface area contributed by atoms with E-state index in [1.807, 2.05) is 0 Å². The van der Waals surface area contributed by atoms with Crippen molar-refractivity contribution in [3.05, 3.63) is 0 Å². The molecule has 0 aromatic carbocycles. The van der Waals surface area contributed by atoms with E-state index in [2.05, 4.69) is 31.4 Å². The number of ether oxygens (including phenoxy) is 1. The van der Waals surface area contributed by atoms with E-state index in [4.69, 9.17) is 4.74 Å². The van der Waals surface area contributed by atoms with Crippen LogP contribution in [0.5, 0.6) is 0 Å². The standard InChI is InChI=1S/C13H26N2O2/c1-4-6-15-13(16)5-7-14-12-8-10(2)17-11(3)9-12/h10-12,14H,4-9H2,1-3H3,(H,15,16). The molecule has 0 spiro atoms. The summed E-state index contributed by atoms with van der Waals surface area (Å²) < 4.78 is 5.68. The lowest BCUT2D eigenvalue weighted by molar-refractivity contribution is -0.121. The lowest BCUT2D eigenvalue weighted by Gasteiger charge is -2.32. The van der Waals surface area contributed by atoms with Crippen LogP contribution < -0.4 is 10.6 Å². The summed E-state index contributed by atoms with van der Waals surface area (Å²) in [5.74, 6) is 0.146. The molecule has 4 nitrogen and oxygen atoms in total. The summed E-state index contributed by atoms with van der Waals surface area (Å²) in [7, 11) is 0. The van der Waals surface area contributed by atoms with E-state index in [1.54, 1.807) is 0 Å². The lowest BCUT2D eigenvalue weighted by atomic mass is 10.00. The van der Waals surface area contributed by atoms with Crippen molar-refractivity contribution in [1.82, 2.24) is 10.6 Å². The van der Waals surface area contributed by atoms with Crippen molar-refractivity contribution in [2.75, 3.05) is 13.1 Å². The molecule has 1 heterocycles. The monoisotopic (exact) mass is 242 g/mol. The van der Waals surface area contributed by atoms with Crippen molar-refractivity contribution in [3.8, 4) is 0 Å². The predicted octanol–water partition coefficient (Wildman–Crippen LogP) is 1.45. The first kappa shape index (κ1) is 14.5. The van der Waals surface area contributed by atoms with Crippen LogP contribution in [0, 0.1) is 0 Å².